The van der Waals surface area contributed by atoms with Crippen molar-refractivity contribution in [1.82, 2.24) is 10.2 Å². The number of hydrogen-bond donors (Lipinski definition) is 1. The van der Waals surface area contributed by atoms with Crippen LogP contribution in [0.4, 0.5) is 0 Å². The summed E-state index contributed by atoms with van der Waals surface area (Å²) < 4.78 is 0. The number of rotatable bonds is 6. The van der Waals surface area contributed by atoms with Crippen molar-refractivity contribution in [3.63, 3.8) is 0 Å². The summed E-state index contributed by atoms with van der Waals surface area (Å²) in [5, 5.41) is 3.76. The fraction of sp³-hybridized carbons (Fsp3) is 1.00. The Balaban J connectivity index is 2.54. The molecule has 1 saturated heterocycles. The molecular formula is C15H32N2. The maximum absolute atomic E-state index is 3.76. The second kappa shape index (κ2) is 7.38. The molecule has 17 heavy (non-hydrogen) atoms. The average molecular weight is 240 g/mol. The van der Waals surface area contributed by atoms with E-state index in [2.05, 4.69) is 44.8 Å². The zero-order chi connectivity index (χ0) is 12.8. The molecule has 0 aromatic carbocycles. The summed E-state index contributed by atoms with van der Waals surface area (Å²) in [7, 11) is 0. The molecule has 2 nitrogen and oxygen atoms in total. The van der Waals surface area contributed by atoms with E-state index >= 15 is 0 Å². The van der Waals surface area contributed by atoms with Crippen molar-refractivity contribution in [2.75, 3.05) is 19.6 Å². The zero-order valence-electron chi connectivity index (χ0n) is 12.5. The van der Waals surface area contributed by atoms with Gasteiger partial charge in [0.25, 0.3) is 0 Å². The number of piperazine rings is 1. The van der Waals surface area contributed by atoms with E-state index in [9.17, 15) is 0 Å². The Bertz CT molecular complexity index is 203. The Kier molecular flexibility index (Phi) is 6.50. The minimum absolute atomic E-state index is 0.710. The maximum atomic E-state index is 3.76. The van der Waals surface area contributed by atoms with Crippen LogP contribution in [0.5, 0.6) is 0 Å². The Morgan fingerprint density at radius 1 is 1.24 bits per heavy atom. The van der Waals surface area contributed by atoms with Crippen LogP contribution >= 0.6 is 0 Å². The zero-order valence-corrected chi connectivity index (χ0v) is 12.5. The van der Waals surface area contributed by atoms with Crippen molar-refractivity contribution in [3.05, 3.63) is 0 Å². The Hall–Kier alpha value is -0.0800. The van der Waals surface area contributed by atoms with Gasteiger partial charge in [-0.25, -0.2) is 0 Å². The fourth-order valence-corrected chi connectivity index (χ4v) is 3.00. The molecule has 3 unspecified atom stereocenters. The number of nitrogens with zero attached hydrogens (tertiary/aromatic N) is 1. The molecule has 1 heterocycles. The van der Waals surface area contributed by atoms with Crippen LogP contribution in [0.2, 0.25) is 0 Å². The molecule has 2 heteroatoms. The monoisotopic (exact) mass is 240 g/mol. The largest absolute Gasteiger partial charge is 0.311 e. The third kappa shape index (κ3) is 4.59. The lowest BCUT2D eigenvalue weighted by Crippen LogP contribution is -2.58. The van der Waals surface area contributed by atoms with Gasteiger partial charge in [-0.15, -0.1) is 0 Å². The van der Waals surface area contributed by atoms with Crippen LogP contribution in [-0.2, 0) is 0 Å². The molecule has 102 valence electrons. The lowest BCUT2D eigenvalue weighted by Gasteiger charge is -2.43. The van der Waals surface area contributed by atoms with Crippen LogP contribution in [0.15, 0.2) is 0 Å². The summed E-state index contributed by atoms with van der Waals surface area (Å²) in [5.41, 5.74) is 0. The van der Waals surface area contributed by atoms with Gasteiger partial charge in [0.2, 0.25) is 0 Å². The third-order valence-electron chi connectivity index (χ3n) is 4.11. The third-order valence-corrected chi connectivity index (χ3v) is 4.11. The molecule has 1 aliphatic rings. The van der Waals surface area contributed by atoms with E-state index in [0.717, 1.165) is 17.9 Å². The SMILES string of the molecule is CCCN1CC(CC(C)C)NCC1C(C)CC. The van der Waals surface area contributed by atoms with E-state index in [0.29, 0.717) is 6.04 Å². The van der Waals surface area contributed by atoms with Crippen molar-refractivity contribution in [1.29, 1.82) is 0 Å². The Morgan fingerprint density at radius 2 is 1.94 bits per heavy atom. The van der Waals surface area contributed by atoms with Crippen molar-refractivity contribution >= 4 is 0 Å². The van der Waals surface area contributed by atoms with Crippen LogP contribution in [0.25, 0.3) is 0 Å². The molecule has 1 fully saturated rings. The fourth-order valence-electron chi connectivity index (χ4n) is 3.00. The first kappa shape index (κ1) is 15.0. The van der Waals surface area contributed by atoms with Crippen molar-refractivity contribution in [2.24, 2.45) is 11.8 Å². The molecule has 3 atom stereocenters. The van der Waals surface area contributed by atoms with Gasteiger partial charge in [0, 0.05) is 25.2 Å². The van der Waals surface area contributed by atoms with Crippen LogP contribution in [0, 0.1) is 11.8 Å². The van der Waals surface area contributed by atoms with Crippen molar-refractivity contribution in [2.45, 2.75) is 66.0 Å². The van der Waals surface area contributed by atoms with E-state index in [1.165, 1.54) is 38.9 Å². The van der Waals surface area contributed by atoms with Crippen molar-refractivity contribution < 1.29 is 0 Å². The van der Waals surface area contributed by atoms with Gasteiger partial charge in [-0.2, -0.15) is 0 Å². The van der Waals surface area contributed by atoms with E-state index in [1.807, 2.05) is 0 Å². The summed E-state index contributed by atoms with van der Waals surface area (Å²) in [5.74, 6) is 1.62. The second-order valence-corrected chi connectivity index (χ2v) is 6.18. The van der Waals surface area contributed by atoms with Crippen LogP contribution in [-0.4, -0.2) is 36.6 Å². The molecule has 0 aromatic heterocycles. The molecule has 0 radical (unpaired) electrons. The highest BCUT2D eigenvalue weighted by molar-refractivity contribution is 4.88. The average Bonchev–Trinajstić information content (AvgIpc) is 2.28. The molecule has 0 bridgehead atoms. The van der Waals surface area contributed by atoms with Gasteiger partial charge in [-0.1, -0.05) is 41.0 Å². The van der Waals surface area contributed by atoms with Crippen LogP contribution in [0.3, 0.4) is 0 Å². The Morgan fingerprint density at radius 3 is 2.47 bits per heavy atom. The summed E-state index contributed by atoms with van der Waals surface area (Å²) >= 11 is 0. The summed E-state index contributed by atoms with van der Waals surface area (Å²) in [6.07, 6.45) is 3.89. The lowest BCUT2D eigenvalue weighted by molar-refractivity contribution is 0.0858. The predicted octanol–water partition coefficient (Wildman–Crippen LogP) is 3.13. The molecule has 1 N–H and O–H groups in total. The van der Waals surface area contributed by atoms with Crippen molar-refractivity contribution in [3.8, 4) is 0 Å². The van der Waals surface area contributed by atoms with Gasteiger partial charge in [0.1, 0.15) is 0 Å². The van der Waals surface area contributed by atoms with Gasteiger partial charge in [-0.3, -0.25) is 4.90 Å². The minimum Gasteiger partial charge on any atom is -0.311 e. The van der Waals surface area contributed by atoms with E-state index in [-0.39, 0.29) is 0 Å². The smallest absolute Gasteiger partial charge is 0.0246 e. The first-order chi connectivity index (χ1) is 8.08. The molecule has 0 saturated carbocycles. The van der Waals surface area contributed by atoms with Crippen LogP contribution in [0.1, 0.15) is 53.9 Å². The van der Waals surface area contributed by atoms with Gasteiger partial charge in [-0.05, 0) is 31.2 Å². The highest BCUT2D eigenvalue weighted by atomic mass is 15.2. The normalized spacial score (nSPS) is 28.6. The van der Waals surface area contributed by atoms with Crippen LogP contribution < -0.4 is 5.32 Å². The molecular weight excluding hydrogens is 208 g/mol. The first-order valence-electron chi connectivity index (χ1n) is 7.55. The van der Waals surface area contributed by atoms with E-state index < -0.39 is 0 Å². The van der Waals surface area contributed by atoms with Gasteiger partial charge < -0.3 is 5.32 Å². The predicted molar refractivity (Wildman–Crippen MR) is 76.4 cm³/mol. The highest BCUT2D eigenvalue weighted by Crippen LogP contribution is 2.20. The maximum Gasteiger partial charge on any atom is 0.0246 e. The number of nitrogens with one attached hydrogen (secondary N) is 1. The minimum atomic E-state index is 0.710. The quantitative estimate of drug-likeness (QED) is 0.767. The standard InChI is InChI=1S/C15H32N2/c1-6-8-17-11-14(9-12(3)4)16-10-15(17)13(5)7-2/h12-16H,6-11H2,1-5H3. The summed E-state index contributed by atoms with van der Waals surface area (Å²) in [4.78, 5) is 2.73. The molecule has 0 amide bonds. The lowest BCUT2D eigenvalue weighted by atomic mass is 9.92. The van der Waals surface area contributed by atoms with Gasteiger partial charge in [0.05, 0.1) is 0 Å². The Labute approximate surface area is 108 Å². The molecule has 1 rings (SSSR count). The van der Waals surface area contributed by atoms with Gasteiger partial charge in [0.15, 0.2) is 0 Å². The molecule has 0 spiro atoms. The topological polar surface area (TPSA) is 15.3 Å². The first-order valence-corrected chi connectivity index (χ1v) is 7.55. The summed E-state index contributed by atoms with van der Waals surface area (Å²) in [6, 6.07) is 1.46. The van der Waals surface area contributed by atoms with E-state index in [1.54, 1.807) is 0 Å². The summed E-state index contributed by atoms with van der Waals surface area (Å²) in [6.45, 7) is 15.4. The molecule has 1 aliphatic heterocycles. The van der Waals surface area contributed by atoms with E-state index in [4.69, 9.17) is 0 Å². The number of hydrogen-bond acceptors (Lipinski definition) is 2. The van der Waals surface area contributed by atoms with Gasteiger partial charge >= 0.3 is 0 Å². The second-order valence-electron chi connectivity index (χ2n) is 6.18. The molecule has 0 aliphatic carbocycles. The highest BCUT2D eigenvalue weighted by Gasteiger charge is 2.30. The molecule has 0 aromatic rings.